The van der Waals surface area contributed by atoms with Crippen LogP contribution in [0.3, 0.4) is 0 Å². The van der Waals surface area contributed by atoms with E-state index in [1.54, 1.807) is 0 Å². The monoisotopic (exact) mass is 381 g/mol. The topological polar surface area (TPSA) is 12.9 Å². The van der Waals surface area contributed by atoms with Crippen molar-refractivity contribution < 1.29 is 0 Å². The quantitative estimate of drug-likeness (QED) is 0.358. The maximum absolute atomic E-state index is 5.13. The van der Waals surface area contributed by atoms with Gasteiger partial charge in [-0.2, -0.15) is 0 Å². The molecule has 4 aromatic rings. The molecule has 0 N–H and O–H groups in total. The summed E-state index contributed by atoms with van der Waals surface area (Å²) >= 11 is 0. The van der Waals surface area contributed by atoms with Gasteiger partial charge in [-0.05, 0) is 48.7 Å². The highest BCUT2D eigenvalue weighted by molar-refractivity contribution is 6.88. The Bertz CT molecular complexity index is 1150. The summed E-state index contributed by atoms with van der Waals surface area (Å²) in [7, 11) is -1.37. The van der Waals surface area contributed by atoms with Crippen LogP contribution in [-0.4, -0.2) is 13.1 Å². The summed E-state index contributed by atoms with van der Waals surface area (Å²) in [5.41, 5.74) is 8.32. The van der Waals surface area contributed by atoms with Crippen LogP contribution < -0.4 is 5.19 Å². The Morgan fingerprint density at radius 3 is 2.11 bits per heavy atom. The lowest BCUT2D eigenvalue weighted by Gasteiger charge is -2.18. The molecule has 28 heavy (non-hydrogen) atoms. The zero-order valence-electron chi connectivity index (χ0n) is 17.4. The van der Waals surface area contributed by atoms with Gasteiger partial charge < -0.3 is 0 Å². The molecule has 0 aliphatic carbocycles. The zero-order chi connectivity index (χ0) is 19.9. The smallest absolute Gasteiger partial charge is 0.0788 e. The van der Waals surface area contributed by atoms with Gasteiger partial charge >= 0.3 is 0 Å². The van der Waals surface area contributed by atoms with Crippen LogP contribution in [0, 0.1) is 13.8 Å². The van der Waals surface area contributed by atoms with Gasteiger partial charge in [-0.25, -0.2) is 4.98 Å². The van der Waals surface area contributed by atoms with Crippen LogP contribution in [0.25, 0.3) is 33.3 Å². The molecule has 0 atom stereocenters. The van der Waals surface area contributed by atoms with Gasteiger partial charge in [0.1, 0.15) is 0 Å². The summed E-state index contributed by atoms with van der Waals surface area (Å²) in [4.78, 5) is 5.13. The minimum absolute atomic E-state index is 1.06. The molecule has 1 heterocycles. The molecule has 1 aromatic heterocycles. The Hall–Kier alpha value is -2.71. The van der Waals surface area contributed by atoms with Crippen LogP contribution in [0.15, 0.2) is 72.8 Å². The SMILES string of the molecule is Cc1ccc(-c2nc3ccc([Si](C)(C)C)cc3cc2-c2ccccc2)cc1C. The van der Waals surface area contributed by atoms with Crippen LogP contribution in [0.1, 0.15) is 11.1 Å². The molecule has 4 rings (SSSR count). The first-order valence-corrected chi connectivity index (χ1v) is 13.4. The molecule has 0 aliphatic heterocycles. The van der Waals surface area contributed by atoms with Crippen LogP contribution >= 0.6 is 0 Å². The summed E-state index contributed by atoms with van der Waals surface area (Å²) in [5, 5.41) is 2.70. The van der Waals surface area contributed by atoms with Crippen molar-refractivity contribution in [2.24, 2.45) is 0 Å². The number of hydrogen-bond donors (Lipinski definition) is 0. The summed E-state index contributed by atoms with van der Waals surface area (Å²) in [6.45, 7) is 11.5. The molecule has 140 valence electrons. The Labute approximate surface area is 169 Å². The van der Waals surface area contributed by atoms with Gasteiger partial charge in [0.15, 0.2) is 0 Å². The lowest BCUT2D eigenvalue weighted by molar-refractivity contribution is 1.32. The van der Waals surface area contributed by atoms with Gasteiger partial charge in [-0.15, -0.1) is 0 Å². The van der Waals surface area contributed by atoms with E-state index in [2.05, 4.69) is 106 Å². The first-order chi connectivity index (χ1) is 13.3. The fraction of sp³-hybridized carbons (Fsp3) is 0.192. The normalized spacial score (nSPS) is 11.8. The molecule has 0 bridgehead atoms. The van der Waals surface area contributed by atoms with Crippen molar-refractivity contribution in [2.75, 3.05) is 0 Å². The zero-order valence-corrected chi connectivity index (χ0v) is 18.4. The fourth-order valence-electron chi connectivity index (χ4n) is 3.59. The molecule has 0 fully saturated rings. The Morgan fingerprint density at radius 2 is 1.43 bits per heavy atom. The lowest BCUT2D eigenvalue weighted by atomic mass is 9.95. The Morgan fingerprint density at radius 1 is 0.679 bits per heavy atom. The average Bonchev–Trinajstić information content (AvgIpc) is 2.68. The van der Waals surface area contributed by atoms with E-state index in [1.807, 2.05) is 0 Å². The highest BCUT2D eigenvalue weighted by atomic mass is 28.3. The van der Waals surface area contributed by atoms with Crippen molar-refractivity contribution in [1.29, 1.82) is 0 Å². The molecule has 0 saturated heterocycles. The van der Waals surface area contributed by atoms with Crippen molar-refractivity contribution in [3.8, 4) is 22.4 Å². The van der Waals surface area contributed by atoms with E-state index in [0.29, 0.717) is 0 Å². The molecule has 3 aromatic carbocycles. The summed E-state index contributed by atoms with van der Waals surface area (Å²) in [6, 6.07) is 26.4. The van der Waals surface area contributed by atoms with Crippen molar-refractivity contribution in [3.63, 3.8) is 0 Å². The van der Waals surface area contributed by atoms with Gasteiger partial charge in [0.05, 0.1) is 19.3 Å². The molecule has 1 nitrogen and oxygen atoms in total. The number of benzene rings is 3. The molecule has 0 spiro atoms. The van der Waals surface area contributed by atoms with Gasteiger partial charge in [0.25, 0.3) is 0 Å². The number of fused-ring (bicyclic) bond motifs is 1. The molecule has 2 heteroatoms. The van der Waals surface area contributed by atoms with Crippen LogP contribution in [0.4, 0.5) is 0 Å². The van der Waals surface area contributed by atoms with Gasteiger partial charge in [0, 0.05) is 16.5 Å². The number of aryl methyl sites for hydroxylation is 2. The first kappa shape index (κ1) is 18.6. The summed E-state index contributed by atoms with van der Waals surface area (Å²) in [5.74, 6) is 0. The number of nitrogens with zero attached hydrogens (tertiary/aromatic N) is 1. The molecule has 0 amide bonds. The van der Waals surface area contributed by atoms with Gasteiger partial charge in [-0.1, -0.05) is 79.4 Å². The third-order valence-corrected chi connectivity index (χ3v) is 7.59. The molecule has 0 saturated carbocycles. The lowest BCUT2D eigenvalue weighted by Crippen LogP contribution is -2.37. The maximum atomic E-state index is 5.13. The van der Waals surface area contributed by atoms with E-state index in [0.717, 1.165) is 11.2 Å². The summed E-state index contributed by atoms with van der Waals surface area (Å²) in [6.07, 6.45) is 0. The second-order valence-electron chi connectivity index (χ2n) is 8.71. The van der Waals surface area contributed by atoms with Crippen molar-refractivity contribution in [2.45, 2.75) is 33.5 Å². The van der Waals surface area contributed by atoms with Crippen LogP contribution in [0.5, 0.6) is 0 Å². The molecular formula is C26H27NSi. The predicted molar refractivity (Wildman–Crippen MR) is 125 cm³/mol. The van der Waals surface area contributed by atoms with E-state index in [9.17, 15) is 0 Å². The Kier molecular flexibility index (Phi) is 4.68. The standard InChI is InChI=1S/C26H27NSi/c1-18-11-12-21(15-19(18)2)26-24(20-9-7-6-8-10-20)17-22-16-23(28(3,4)5)13-14-25(22)27-26/h6-17H,1-5H3. The molecule has 0 unspecified atom stereocenters. The van der Waals surface area contributed by atoms with E-state index in [1.165, 1.54) is 38.4 Å². The first-order valence-electron chi connectivity index (χ1n) is 9.91. The number of pyridine rings is 1. The molecule has 0 radical (unpaired) electrons. The summed E-state index contributed by atoms with van der Waals surface area (Å²) < 4.78 is 0. The Balaban J connectivity index is 2.00. The molecular weight excluding hydrogens is 354 g/mol. The third-order valence-electron chi connectivity index (χ3n) is 5.55. The molecule has 0 aliphatic rings. The van der Waals surface area contributed by atoms with Crippen molar-refractivity contribution in [1.82, 2.24) is 4.98 Å². The van der Waals surface area contributed by atoms with Crippen LogP contribution in [-0.2, 0) is 0 Å². The van der Waals surface area contributed by atoms with E-state index >= 15 is 0 Å². The highest BCUT2D eigenvalue weighted by Crippen LogP contribution is 2.34. The highest BCUT2D eigenvalue weighted by Gasteiger charge is 2.18. The number of hydrogen-bond acceptors (Lipinski definition) is 1. The van der Waals surface area contributed by atoms with Crippen LogP contribution in [0.2, 0.25) is 19.6 Å². The maximum Gasteiger partial charge on any atom is 0.0788 e. The fourth-order valence-corrected chi connectivity index (χ4v) is 4.76. The number of rotatable bonds is 3. The minimum atomic E-state index is -1.37. The average molecular weight is 382 g/mol. The number of aromatic nitrogens is 1. The minimum Gasteiger partial charge on any atom is -0.247 e. The van der Waals surface area contributed by atoms with Crippen molar-refractivity contribution >= 4 is 24.2 Å². The second-order valence-corrected chi connectivity index (χ2v) is 13.8. The second kappa shape index (κ2) is 7.03. The third kappa shape index (κ3) is 3.52. The van der Waals surface area contributed by atoms with Gasteiger partial charge in [0.2, 0.25) is 0 Å². The van der Waals surface area contributed by atoms with Gasteiger partial charge in [-0.3, -0.25) is 0 Å². The van der Waals surface area contributed by atoms with E-state index < -0.39 is 8.07 Å². The van der Waals surface area contributed by atoms with E-state index in [4.69, 9.17) is 4.98 Å². The largest absolute Gasteiger partial charge is 0.247 e. The van der Waals surface area contributed by atoms with Crippen molar-refractivity contribution in [3.05, 3.63) is 83.9 Å². The predicted octanol–water partition coefficient (Wildman–Crippen LogP) is 6.73. The van der Waals surface area contributed by atoms with E-state index in [-0.39, 0.29) is 0 Å².